The molecule has 4 aromatic rings. The van der Waals surface area contributed by atoms with Crippen LogP contribution in [0.4, 0.5) is 19.0 Å². The lowest BCUT2D eigenvalue weighted by atomic mass is 9.92. The summed E-state index contributed by atoms with van der Waals surface area (Å²) < 4.78 is 43.7. The van der Waals surface area contributed by atoms with Gasteiger partial charge < -0.3 is 20.5 Å². The average molecular weight is 509 g/mol. The van der Waals surface area contributed by atoms with Crippen LogP contribution in [0, 0.1) is 6.92 Å². The number of phenols is 1. The average Bonchev–Trinajstić information content (AvgIpc) is 3.32. The maximum atomic E-state index is 13.1. The molecule has 5 rings (SSSR count). The standard InChI is InChI=1S/C27H23F3N4O3/c1-15-9-10-17-20(13-15)32-25(18-5-2-3-7-21(18)35)33-26(17)34-12-11-16(14-34)23-19(24(31)36)6-4-8-22(23)37-27(28,29)30/h2-10,13,16,35H,11-12,14H2,1H3,(H2,31,36)/t16-/m0/s1. The van der Waals surface area contributed by atoms with Crippen LogP contribution in [-0.4, -0.2) is 40.4 Å². The number of carbonyl (C=O) groups excluding carboxylic acids is 1. The highest BCUT2D eigenvalue weighted by molar-refractivity contribution is 5.95. The van der Waals surface area contributed by atoms with Crippen molar-refractivity contribution in [2.75, 3.05) is 18.0 Å². The maximum Gasteiger partial charge on any atom is 0.573 e. The summed E-state index contributed by atoms with van der Waals surface area (Å²) >= 11 is 0. The normalized spacial score (nSPS) is 15.8. The molecular formula is C27H23F3N4O3. The van der Waals surface area contributed by atoms with Crippen LogP contribution in [0.15, 0.2) is 60.7 Å². The number of aryl methyl sites for hydroxylation is 1. The third-order valence-corrected chi connectivity index (χ3v) is 6.43. The first-order valence-electron chi connectivity index (χ1n) is 11.6. The minimum Gasteiger partial charge on any atom is -0.507 e. The number of primary amides is 1. The molecule has 2 heterocycles. The van der Waals surface area contributed by atoms with Crippen molar-refractivity contribution in [2.45, 2.75) is 25.6 Å². The Morgan fingerprint density at radius 3 is 2.62 bits per heavy atom. The lowest BCUT2D eigenvalue weighted by Gasteiger charge is -2.22. The van der Waals surface area contributed by atoms with E-state index in [9.17, 15) is 23.1 Å². The number of phenolic OH excluding ortho intramolecular Hbond substituents is 1. The molecule has 1 fully saturated rings. The zero-order valence-electron chi connectivity index (χ0n) is 19.8. The second kappa shape index (κ2) is 9.27. The first-order valence-corrected chi connectivity index (χ1v) is 11.6. The van der Waals surface area contributed by atoms with Gasteiger partial charge in [-0.3, -0.25) is 4.79 Å². The second-order valence-corrected chi connectivity index (χ2v) is 8.97. The Bertz CT molecular complexity index is 1510. The SMILES string of the molecule is Cc1ccc2c(N3CC[C@H](c4c(OC(F)(F)F)cccc4C(N)=O)C3)nc(-c3ccccc3O)nc2c1. The molecule has 0 aliphatic carbocycles. The van der Waals surface area contributed by atoms with E-state index in [-0.39, 0.29) is 23.4 Å². The van der Waals surface area contributed by atoms with Gasteiger partial charge in [-0.1, -0.05) is 24.3 Å². The van der Waals surface area contributed by atoms with E-state index in [0.29, 0.717) is 35.7 Å². The minimum absolute atomic E-state index is 0.00772. The number of hydrogen-bond donors (Lipinski definition) is 2. The lowest BCUT2D eigenvalue weighted by Crippen LogP contribution is -2.24. The highest BCUT2D eigenvalue weighted by Crippen LogP contribution is 2.41. The van der Waals surface area contributed by atoms with Crippen molar-refractivity contribution >= 4 is 22.6 Å². The molecule has 1 aliphatic rings. The van der Waals surface area contributed by atoms with Crippen LogP contribution >= 0.6 is 0 Å². The Hall–Kier alpha value is -4.34. The molecule has 0 spiro atoms. The molecule has 0 radical (unpaired) electrons. The molecule has 1 saturated heterocycles. The van der Waals surface area contributed by atoms with Crippen LogP contribution in [0.3, 0.4) is 0 Å². The third-order valence-electron chi connectivity index (χ3n) is 6.43. The number of aromatic hydroxyl groups is 1. The summed E-state index contributed by atoms with van der Waals surface area (Å²) in [5, 5.41) is 11.2. The quantitative estimate of drug-likeness (QED) is 0.379. The minimum atomic E-state index is -4.92. The summed E-state index contributed by atoms with van der Waals surface area (Å²) in [7, 11) is 0. The van der Waals surface area contributed by atoms with Gasteiger partial charge >= 0.3 is 6.36 Å². The van der Waals surface area contributed by atoms with Crippen molar-refractivity contribution in [3.05, 3.63) is 77.4 Å². The van der Waals surface area contributed by atoms with Crippen molar-refractivity contribution in [1.29, 1.82) is 0 Å². The number of anilines is 1. The van der Waals surface area contributed by atoms with E-state index in [1.54, 1.807) is 24.3 Å². The van der Waals surface area contributed by atoms with Gasteiger partial charge in [-0.25, -0.2) is 9.97 Å². The molecule has 37 heavy (non-hydrogen) atoms. The second-order valence-electron chi connectivity index (χ2n) is 8.97. The Balaban J connectivity index is 1.59. The topological polar surface area (TPSA) is 102 Å². The number of ether oxygens (including phenoxy) is 1. The molecule has 0 saturated carbocycles. The third kappa shape index (κ3) is 4.87. The summed E-state index contributed by atoms with van der Waals surface area (Å²) in [6.45, 7) is 2.68. The summed E-state index contributed by atoms with van der Waals surface area (Å²) in [4.78, 5) is 23.5. The van der Waals surface area contributed by atoms with Gasteiger partial charge in [0.1, 0.15) is 17.3 Å². The molecule has 10 heteroatoms. The molecule has 7 nitrogen and oxygen atoms in total. The van der Waals surface area contributed by atoms with Gasteiger partial charge in [-0.2, -0.15) is 0 Å². The zero-order valence-corrected chi connectivity index (χ0v) is 19.8. The number of benzene rings is 3. The van der Waals surface area contributed by atoms with Crippen molar-refractivity contribution in [3.8, 4) is 22.9 Å². The summed E-state index contributed by atoms with van der Waals surface area (Å²) in [5.74, 6) is -0.789. The van der Waals surface area contributed by atoms with Crippen molar-refractivity contribution in [3.63, 3.8) is 0 Å². The predicted octanol–water partition coefficient (Wildman–Crippen LogP) is 5.30. The fourth-order valence-corrected chi connectivity index (χ4v) is 4.83. The Morgan fingerprint density at radius 2 is 1.89 bits per heavy atom. The highest BCUT2D eigenvalue weighted by atomic mass is 19.4. The Morgan fingerprint density at radius 1 is 1.11 bits per heavy atom. The fourth-order valence-electron chi connectivity index (χ4n) is 4.83. The number of nitrogens with two attached hydrogens (primary N) is 1. The number of hydrogen-bond acceptors (Lipinski definition) is 6. The monoisotopic (exact) mass is 508 g/mol. The molecule has 1 aromatic heterocycles. The smallest absolute Gasteiger partial charge is 0.507 e. The van der Waals surface area contributed by atoms with Crippen LogP contribution in [0.5, 0.6) is 11.5 Å². The maximum absolute atomic E-state index is 13.1. The van der Waals surface area contributed by atoms with Gasteiger partial charge in [0, 0.05) is 35.5 Å². The molecule has 190 valence electrons. The number of aromatic nitrogens is 2. The lowest BCUT2D eigenvalue weighted by molar-refractivity contribution is -0.275. The number of rotatable bonds is 5. The van der Waals surface area contributed by atoms with E-state index in [1.165, 1.54) is 18.2 Å². The first-order chi connectivity index (χ1) is 17.6. The Kier molecular flexibility index (Phi) is 6.10. The van der Waals surface area contributed by atoms with E-state index >= 15 is 0 Å². The number of para-hydroxylation sites is 1. The number of nitrogens with zero attached hydrogens (tertiary/aromatic N) is 3. The Labute approximate surface area is 210 Å². The molecular weight excluding hydrogens is 485 g/mol. The summed E-state index contributed by atoms with van der Waals surface area (Å²) in [6, 6.07) is 16.4. The number of halogens is 3. The van der Waals surface area contributed by atoms with Crippen LogP contribution < -0.4 is 15.4 Å². The molecule has 3 N–H and O–H groups in total. The van der Waals surface area contributed by atoms with Gasteiger partial charge in [0.2, 0.25) is 5.91 Å². The predicted molar refractivity (Wildman–Crippen MR) is 133 cm³/mol. The zero-order chi connectivity index (χ0) is 26.3. The molecule has 3 aromatic carbocycles. The van der Waals surface area contributed by atoms with Crippen molar-refractivity contribution in [2.24, 2.45) is 5.73 Å². The van der Waals surface area contributed by atoms with E-state index < -0.39 is 23.9 Å². The summed E-state index contributed by atoms with van der Waals surface area (Å²) in [6.07, 6.45) is -4.47. The number of amides is 1. The molecule has 1 atom stereocenters. The van der Waals surface area contributed by atoms with Crippen LogP contribution in [0.1, 0.15) is 33.8 Å². The van der Waals surface area contributed by atoms with E-state index in [4.69, 9.17) is 10.7 Å². The molecule has 0 bridgehead atoms. The van der Waals surface area contributed by atoms with Gasteiger partial charge in [0.05, 0.1) is 11.1 Å². The van der Waals surface area contributed by atoms with Crippen LogP contribution in [0.25, 0.3) is 22.3 Å². The highest BCUT2D eigenvalue weighted by Gasteiger charge is 2.36. The summed E-state index contributed by atoms with van der Waals surface area (Å²) in [5.41, 5.74) is 7.76. The largest absolute Gasteiger partial charge is 0.573 e. The molecule has 0 unspecified atom stereocenters. The number of carbonyl (C=O) groups is 1. The molecule has 1 amide bonds. The number of fused-ring (bicyclic) bond motifs is 1. The van der Waals surface area contributed by atoms with Gasteiger partial charge in [-0.15, -0.1) is 13.2 Å². The molecule has 1 aliphatic heterocycles. The van der Waals surface area contributed by atoms with E-state index in [1.807, 2.05) is 30.0 Å². The van der Waals surface area contributed by atoms with Gasteiger partial charge in [0.25, 0.3) is 0 Å². The van der Waals surface area contributed by atoms with E-state index in [2.05, 4.69) is 9.72 Å². The van der Waals surface area contributed by atoms with Gasteiger partial charge in [-0.05, 0) is 55.3 Å². The van der Waals surface area contributed by atoms with Crippen LogP contribution in [-0.2, 0) is 0 Å². The van der Waals surface area contributed by atoms with E-state index in [0.717, 1.165) is 10.9 Å². The van der Waals surface area contributed by atoms with Gasteiger partial charge in [0.15, 0.2) is 5.82 Å². The number of alkyl halides is 3. The van der Waals surface area contributed by atoms with Crippen LogP contribution in [0.2, 0.25) is 0 Å². The van der Waals surface area contributed by atoms with Crippen molar-refractivity contribution < 1.29 is 27.8 Å². The first kappa shape index (κ1) is 24.4. The van der Waals surface area contributed by atoms with Crippen molar-refractivity contribution in [1.82, 2.24) is 9.97 Å². The fraction of sp³-hybridized carbons (Fsp3) is 0.222.